The van der Waals surface area contributed by atoms with E-state index in [0.717, 1.165) is 13.1 Å². The zero-order valence-electron chi connectivity index (χ0n) is 10.6. The average Bonchev–Trinajstić information content (AvgIpc) is 2.63. The molecule has 2 aromatic heterocycles. The third kappa shape index (κ3) is 2.71. The Morgan fingerprint density at radius 3 is 2.59 bits per heavy atom. The van der Waals surface area contributed by atoms with Gasteiger partial charge in [0, 0.05) is 43.8 Å². The van der Waals surface area contributed by atoms with Crippen LogP contribution >= 0.6 is 0 Å². The van der Waals surface area contributed by atoms with Crippen molar-refractivity contribution in [1.82, 2.24) is 20.1 Å². The van der Waals surface area contributed by atoms with Gasteiger partial charge < -0.3 is 5.32 Å². The smallest absolute Gasteiger partial charge is 0.0537 e. The van der Waals surface area contributed by atoms with Crippen LogP contribution in [0, 0.1) is 13.8 Å². The fraction of sp³-hybridized carbons (Fsp3) is 0.385. The molecule has 0 aromatic carbocycles. The van der Waals surface area contributed by atoms with E-state index in [0.29, 0.717) is 0 Å². The highest BCUT2D eigenvalue weighted by molar-refractivity contribution is 5.21. The highest BCUT2D eigenvalue weighted by atomic mass is 15.3. The molecular formula is C13H18N4. The second-order valence-electron chi connectivity index (χ2n) is 4.28. The number of pyridine rings is 1. The van der Waals surface area contributed by atoms with Crippen LogP contribution in [0.5, 0.6) is 0 Å². The number of hydrogen-bond donors (Lipinski definition) is 1. The van der Waals surface area contributed by atoms with Gasteiger partial charge in [-0.1, -0.05) is 0 Å². The molecular weight excluding hydrogens is 212 g/mol. The Morgan fingerprint density at radius 2 is 1.94 bits per heavy atom. The Morgan fingerprint density at radius 1 is 1.18 bits per heavy atom. The molecule has 0 fully saturated rings. The second kappa shape index (κ2) is 5.10. The van der Waals surface area contributed by atoms with Gasteiger partial charge in [0.15, 0.2) is 0 Å². The molecule has 0 aliphatic carbocycles. The maximum absolute atomic E-state index is 4.23. The fourth-order valence-corrected chi connectivity index (χ4v) is 1.75. The molecule has 0 aliphatic rings. The van der Waals surface area contributed by atoms with Gasteiger partial charge in [-0.3, -0.25) is 9.67 Å². The molecule has 2 heterocycles. The minimum atomic E-state index is 0.849. The van der Waals surface area contributed by atoms with Crippen molar-refractivity contribution in [3.63, 3.8) is 0 Å². The quantitative estimate of drug-likeness (QED) is 0.869. The molecule has 4 heteroatoms. The minimum absolute atomic E-state index is 0.849. The van der Waals surface area contributed by atoms with E-state index < -0.39 is 0 Å². The van der Waals surface area contributed by atoms with Gasteiger partial charge in [-0.15, -0.1) is 0 Å². The van der Waals surface area contributed by atoms with Crippen LogP contribution in [-0.4, -0.2) is 14.8 Å². The van der Waals surface area contributed by atoms with Crippen molar-refractivity contribution < 1.29 is 0 Å². The number of aromatic nitrogens is 3. The van der Waals surface area contributed by atoms with Crippen LogP contribution in [0.4, 0.5) is 0 Å². The number of nitrogens with one attached hydrogen (secondary N) is 1. The summed E-state index contributed by atoms with van der Waals surface area (Å²) in [6, 6.07) is 2.05. The lowest BCUT2D eigenvalue weighted by Crippen LogP contribution is -2.14. The monoisotopic (exact) mass is 230 g/mol. The van der Waals surface area contributed by atoms with E-state index in [4.69, 9.17) is 0 Å². The summed E-state index contributed by atoms with van der Waals surface area (Å²) in [6.07, 6.45) is 5.65. The first-order valence-electron chi connectivity index (χ1n) is 5.76. The molecule has 0 radical (unpaired) electrons. The third-order valence-electron chi connectivity index (χ3n) is 3.10. The Hall–Kier alpha value is -1.68. The van der Waals surface area contributed by atoms with Crippen LogP contribution in [0.1, 0.15) is 22.4 Å². The number of nitrogens with zero attached hydrogens (tertiary/aromatic N) is 3. The van der Waals surface area contributed by atoms with Crippen LogP contribution in [-0.2, 0) is 20.1 Å². The fourth-order valence-electron chi connectivity index (χ4n) is 1.75. The topological polar surface area (TPSA) is 42.7 Å². The highest BCUT2D eigenvalue weighted by Gasteiger charge is 2.03. The maximum Gasteiger partial charge on any atom is 0.0537 e. The molecule has 0 amide bonds. The van der Waals surface area contributed by atoms with Gasteiger partial charge in [0.1, 0.15) is 0 Å². The number of rotatable bonds is 4. The van der Waals surface area contributed by atoms with Crippen molar-refractivity contribution in [3.8, 4) is 0 Å². The first-order chi connectivity index (χ1) is 8.18. The Labute approximate surface area is 102 Å². The predicted molar refractivity (Wildman–Crippen MR) is 67.5 cm³/mol. The lowest BCUT2D eigenvalue weighted by atomic mass is 10.1. The molecule has 2 rings (SSSR count). The van der Waals surface area contributed by atoms with Crippen LogP contribution < -0.4 is 5.32 Å². The van der Waals surface area contributed by atoms with Crippen molar-refractivity contribution in [2.24, 2.45) is 7.05 Å². The van der Waals surface area contributed by atoms with Crippen LogP contribution in [0.2, 0.25) is 0 Å². The van der Waals surface area contributed by atoms with E-state index in [1.807, 2.05) is 30.3 Å². The highest BCUT2D eigenvalue weighted by Crippen LogP contribution is 2.07. The van der Waals surface area contributed by atoms with Gasteiger partial charge in [0.25, 0.3) is 0 Å². The zero-order valence-corrected chi connectivity index (χ0v) is 10.6. The van der Waals surface area contributed by atoms with Gasteiger partial charge in [0.2, 0.25) is 0 Å². The van der Waals surface area contributed by atoms with E-state index >= 15 is 0 Å². The summed E-state index contributed by atoms with van der Waals surface area (Å²) in [5, 5.41) is 7.66. The summed E-state index contributed by atoms with van der Waals surface area (Å²) < 4.78 is 1.90. The number of aryl methyl sites for hydroxylation is 2. The number of hydrogen-bond acceptors (Lipinski definition) is 3. The molecule has 0 saturated heterocycles. The van der Waals surface area contributed by atoms with Gasteiger partial charge in [0.05, 0.1) is 6.20 Å². The van der Waals surface area contributed by atoms with Gasteiger partial charge in [-0.25, -0.2) is 0 Å². The molecule has 0 saturated carbocycles. The summed E-state index contributed by atoms with van der Waals surface area (Å²) >= 11 is 0. The molecule has 2 aromatic rings. The molecule has 1 N–H and O–H groups in total. The third-order valence-corrected chi connectivity index (χ3v) is 3.10. The van der Waals surface area contributed by atoms with E-state index in [-0.39, 0.29) is 0 Å². The van der Waals surface area contributed by atoms with Gasteiger partial charge >= 0.3 is 0 Å². The van der Waals surface area contributed by atoms with Crippen molar-refractivity contribution >= 4 is 0 Å². The molecule has 4 nitrogen and oxygen atoms in total. The zero-order chi connectivity index (χ0) is 12.3. The first-order valence-corrected chi connectivity index (χ1v) is 5.76. The summed E-state index contributed by atoms with van der Waals surface area (Å²) in [5.74, 6) is 0. The average molecular weight is 230 g/mol. The lowest BCUT2D eigenvalue weighted by Gasteiger charge is -2.07. The molecule has 0 atom stereocenters. The molecule has 17 heavy (non-hydrogen) atoms. The van der Waals surface area contributed by atoms with E-state index in [1.165, 1.54) is 22.4 Å². The Balaban J connectivity index is 1.92. The Kier molecular flexibility index (Phi) is 3.54. The minimum Gasteiger partial charge on any atom is -0.308 e. The van der Waals surface area contributed by atoms with Crippen molar-refractivity contribution in [2.75, 3.05) is 0 Å². The molecule has 0 bridgehead atoms. The van der Waals surface area contributed by atoms with Gasteiger partial charge in [-0.05, 0) is 31.0 Å². The standard InChI is InChI=1S/C13H18N4/c1-10-6-14-5-4-12(10)7-15-8-13-9-16-17(3)11(13)2/h4-6,9,15H,7-8H2,1-3H3. The summed E-state index contributed by atoms with van der Waals surface area (Å²) in [4.78, 5) is 4.09. The molecule has 0 spiro atoms. The van der Waals surface area contributed by atoms with Crippen molar-refractivity contribution in [1.29, 1.82) is 0 Å². The predicted octanol–water partition coefficient (Wildman–Crippen LogP) is 1.72. The van der Waals surface area contributed by atoms with E-state index in [9.17, 15) is 0 Å². The van der Waals surface area contributed by atoms with Crippen molar-refractivity contribution in [2.45, 2.75) is 26.9 Å². The molecule has 0 unspecified atom stereocenters. The van der Waals surface area contributed by atoms with Gasteiger partial charge in [-0.2, -0.15) is 5.10 Å². The van der Waals surface area contributed by atoms with Crippen LogP contribution in [0.15, 0.2) is 24.7 Å². The summed E-state index contributed by atoms with van der Waals surface area (Å²) in [6.45, 7) is 5.88. The first kappa shape index (κ1) is 11.8. The largest absolute Gasteiger partial charge is 0.308 e. The summed E-state index contributed by atoms with van der Waals surface area (Å²) in [5.41, 5.74) is 4.98. The Bertz CT molecular complexity index is 502. The van der Waals surface area contributed by atoms with Crippen molar-refractivity contribution in [3.05, 3.63) is 47.0 Å². The van der Waals surface area contributed by atoms with E-state index in [2.05, 4.69) is 35.3 Å². The maximum atomic E-state index is 4.23. The van der Waals surface area contributed by atoms with Crippen LogP contribution in [0.3, 0.4) is 0 Å². The van der Waals surface area contributed by atoms with E-state index in [1.54, 1.807) is 0 Å². The SMILES string of the molecule is Cc1cnccc1CNCc1cnn(C)c1C. The molecule has 90 valence electrons. The lowest BCUT2D eigenvalue weighted by molar-refractivity contribution is 0.681. The normalized spacial score (nSPS) is 10.8. The second-order valence-corrected chi connectivity index (χ2v) is 4.28. The summed E-state index contributed by atoms with van der Waals surface area (Å²) in [7, 11) is 1.96. The van der Waals surface area contributed by atoms with Crippen LogP contribution in [0.25, 0.3) is 0 Å². The molecule has 0 aliphatic heterocycles.